The van der Waals surface area contributed by atoms with Crippen LogP contribution in [0.1, 0.15) is 18.9 Å². The van der Waals surface area contributed by atoms with Gasteiger partial charge in [0.2, 0.25) is 4.47 Å². The first kappa shape index (κ1) is 11.1. The predicted molar refractivity (Wildman–Crippen MR) is 51.5 cm³/mol. The highest BCUT2D eigenvalue weighted by Gasteiger charge is 2.37. The van der Waals surface area contributed by atoms with Crippen molar-refractivity contribution in [2.45, 2.75) is 24.4 Å². The van der Waals surface area contributed by atoms with Crippen molar-refractivity contribution in [2.75, 3.05) is 0 Å². The summed E-state index contributed by atoms with van der Waals surface area (Å²) in [5.41, 5.74) is 0. The van der Waals surface area contributed by atoms with Crippen LogP contribution in [0.15, 0.2) is 0 Å². The number of aromatic nitrogens is 2. The van der Waals surface area contributed by atoms with Gasteiger partial charge in [-0.3, -0.25) is 0 Å². The summed E-state index contributed by atoms with van der Waals surface area (Å²) < 4.78 is 26.5. The van der Waals surface area contributed by atoms with E-state index < -0.39 is 5.25 Å². The highest BCUT2D eigenvalue weighted by molar-refractivity contribution is 8.00. The van der Waals surface area contributed by atoms with Gasteiger partial charge >= 0.3 is 5.25 Å². The molecular formula is C6H7ClF2N2S2. The fraction of sp³-hybridized carbons (Fsp3) is 0.667. The molecule has 0 aliphatic carbocycles. The molecule has 0 amide bonds. The van der Waals surface area contributed by atoms with Crippen LogP contribution in [-0.2, 0) is 5.25 Å². The van der Waals surface area contributed by atoms with E-state index in [0.717, 1.165) is 0 Å². The molecule has 0 fully saturated rings. The Morgan fingerprint density at radius 1 is 1.46 bits per heavy atom. The van der Waals surface area contributed by atoms with Crippen molar-refractivity contribution < 1.29 is 8.78 Å². The molecular weight excluding hydrogens is 238 g/mol. The molecule has 0 atom stereocenters. The Kier molecular flexibility index (Phi) is 3.48. The molecule has 0 aliphatic heterocycles. The molecule has 0 aromatic carbocycles. The molecule has 1 aromatic rings. The van der Waals surface area contributed by atoms with Gasteiger partial charge in [-0.05, 0) is 11.6 Å². The molecule has 74 valence electrons. The molecule has 0 aliphatic rings. The average molecular weight is 245 g/mol. The second kappa shape index (κ2) is 4.06. The van der Waals surface area contributed by atoms with E-state index in [-0.39, 0.29) is 14.7 Å². The van der Waals surface area contributed by atoms with E-state index in [1.807, 2.05) is 0 Å². The molecule has 0 saturated heterocycles. The second-order valence-corrected chi connectivity index (χ2v) is 5.79. The lowest BCUT2D eigenvalue weighted by Gasteiger charge is -2.13. The quantitative estimate of drug-likeness (QED) is 0.815. The summed E-state index contributed by atoms with van der Waals surface area (Å²) >= 11 is 6.65. The van der Waals surface area contributed by atoms with Crippen LogP contribution in [0, 0.1) is 0 Å². The Morgan fingerprint density at radius 3 is 2.46 bits per heavy atom. The zero-order chi connectivity index (χ0) is 10.1. The van der Waals surface area contributed by atoms with Gasteiger partial charge in [-0.1, -0.05) is 36.9 Å². The molecule has 0 spiro atoms. The lowest BCUT2D eigenvalue weighted by Crippen LogP contribution is -2.11. The first-order valence-corrected chi connectivity index (χ1v) is 5.54. The van der Waals surface area contributed by atoms with Gasteiger partial charge in [-0.2, -0.15) is 8.78 Å². The van der Waals surface area contributed by atoms with Gasteiger partial charge in [0.15, 0.2) is 5.01 Å². The Morgan fingerprint density at radius 2 is 2.08 bits per heavy atom. The highest BCUT2D eigenvalue weighted by atomic mass is 35.5. The summed E-state index contributed by atoms with van der Waals surface area (Å²) in [7, 11) is 0. The van der Waals surface area contributed by atoms with Gasteiger partial charge in [0.25, 0.3) is 0 Å². The zero-order valence-electron chi connectivity index (χ0n) is 6.92. The topological polar surface area (TPSA) is 25.8 Å². The number of nitrogens with zero attached hydrogens (tertiary/aromatic N) is 2. The number of alkyl halides is 2. The molecule has 1 aromatic heterocycles. The van der Waals surface area contributed by atoms with Crippen LogP contribution >= 0.6 is 34.7 Å². The van der Waals surface area contributed by atoms with Crippen molar-refractivity contribution in [2.24, 2.45) is 0 Å². The molecule has 0 bridgehead atoms. The van der Waals surface area contributed by atoms with Crippen molar-refractivity contribution in [3.8, 4) is 0 Å². The summed E-state index contributed by atoms with van der Waals surface area (Å²) in [5, 5.41) is 3.14. The van der Waals surface area contributed by atoms with Crippen LogP contribution < -0.4 is 0 Å². The first-order chi connectivity index (χ1) is 5.92. The van der Waals surface area contributed by atoms with Crippen LogP contribution in [-0.4, -0.2) is 15.4 Å². The largest absolute Gasteiger partial charge is 0.347 e. The van der Waals surface area contributed by atoms with Crippen LogP contribution in [0.25, 0.3) is 0 Å². The molecule has 0 radical (unpaired) electrons. The number of hydrogen-bond acceptors (Lipinski definition) is 4. The minimum atomic E-state index is -2.99. The SMILES string of the molecule is CC(C)SC(F)(F)c1nnc(Cl)s1. The fourth-order valence-corrected chi connectivity index (χ4v) is 2.37. The molecule has 0 unspecified atom stereocenters. The van der Waals surface area contributed by atoms with Crippen molar-refractivity contribution >= 4 is 34.7 Å². The number of rotatable bonds is 3. The van der Waals surface area contributed by atoms with E-state index in [2.05, 4.69) is 10.2 Å². The van der Waals surface area contributed by atoms with Gasteiger partial charge in [0.05, 0.1) is 0 Å². The summed E-state index contributed by atoms with van der Waals surface area (Å²) in [5.74, 6) is 0. The molecule has 1 rings (SSSR count). The average Bonchev–Trinajstić information content (AvgIpc) is 2.32. The van der Waals surface area contributed by atoms with Crippen molar-refractivity contribution in [3.05, 3.63) is 9.47 Å². The minimum absolute atomic E-state index is 0.0408. The highest BCUT2D eigenvalue weighted by Crippen LogP contribution is 2.43. The molecule has 1 heterocycles. The van der Waals surface area contributed by atoms with E-state index in [1.54, 1.807) is 13.8 Å². The van der Waals surface area contributed by atoms with Crippen LogP contribution in [0.3, 0.4) is 0 Å². The van der Waals surface area contributed by atoms with Gasteiger partial charge in [-0.25, -0.2) is 0 Å². The Labute approximate surface area is 87.7 Å². The maximum absolute atomic E-state index is 13.2. The number of hydrogen-bond donors (Lipinski definition) is 0. The molecule has 7 heteroatoms. The van der Waals surface area contributed by atoms with Crippen molar-refractivity contribution in [3.63, 3.8) is 0 Å². The summed E-state index contributed by atoms with van der Waals surface area (Å²) in [4.78, 5) is 0. The van der Waals surface area contributed by atoms with Gasteiger partial charge in [0.1, 0.15) is 0 Å². The van der Waals surface area contributed by atoms with Gasteiger partial charge in [0, 0.05) is 5.25 Å². The van der Waals surface area contributed by atoms with Crippen LogP contribution in [0.5, 0.6) is 0 Å². The Bertz CT molecular complexity index is 290. The Hall–Kier alpha value is 0.0600. The molecule has 13 heavy (non-hydrogen) atoms. The fourth-order valence-electron chi connectivity index (χ4n) is 0.669. The van der Waals surface area contributed by atoms with Gasteiger partial charge < -0.3 is 0 Å². The third-order valence-electron chi connectivity index (χ3n) is 1.03. The van der Waals surface area contributed by atoms with E-state index in [1.165, 1.54) is 0 Å². The van der Waals surface area contributed by atoms with Gasteiger partial charge in [-0.15, -0.1) is 10.2 Å². The Balaban J connectivity index is 2.80. The zero-order valence-corrected chi connectivity index (χ0v) is 9.31. The summed E-state index contributed by atoms with van der Waals surface area (Å²) in [6.07, 6.45) is 0. The lowest BCUT2D eigenvalue weighted by molar-refractivity contribution is 0.103. The normalized spacial score (nSPS) is 12.5. The standard InChI is InChI=1S/C6H7ClF2N2S2/c1-3(2)13-6(8,9)4-10-11-5(7)12-4/h3H,1-2H3. The maximum Gasteiger partial charge on any atom is 0.347 e. The van der Waals surface area contributed by atoms with E-state index in [0.29, 0.717) is 23.1 Å². The van der Waals surface area contributed by atoms with Crippen molar-refractivity contribution in [1.29, 1.82) is 0 Å². The minimum Gasteiger partial charge on any atom is -0.186 e. The molecule has 0 saturated carbocycles. The summed E-state index contributed by atoms with van der Waals surface area (Å²) in [6, 6.07) is 0. The van der Waals surface area contributed by atoms with E-state index >= 15 is 0 Å². The monoisotopic (exact) mass is 244 g/mol. The summed E-state index contributed by atoms with van der Waals surface area (Å²) in [6.45, 7) is 3.39. The number of halogens is 3. The second-order valence-electron chi connectivity index (χ2n) is 2.54. The maximum atomic E-state index is 13.2. The predicted octanol–water partition coefficient (Wildman–Crippen LogP) is 3.38. The third kappa shape index (κ3) is 3.03. The molecule has 0 N–H and O–H groups in total. The first-order valence-electron chi connectivity index (χ1n) is 3.47. The van der Waals surface area contributed by atoms with Crippen molar-refractivity contribution in [1.82, 2.24) is 10.2 Å². The number of thioether (sulfide) groups is 1. The van der Waals surface area contributed by atoms with Crippen LogP contribution in [0.2, 0.25) is 4.47 Å². The van der Waals surface area contributed by atoms with E-state index in [4.69, 9.17) is 11.6 Å². The van der Waals surface area contributed by atoms with E-state index in [9.17, 15) is 8.78 Å². The molecule has 2 nitrogen and oxygen atoms in total. The smallest absolute Gasteiger partial charge is 0.186 e. The van der Waals surface area contributed by atoms with Crippen LogP contribution in [0.4, 0.5) is 8.78 Å². The lowest BCUT2D eigenvalue weighted by atomic mass is 10.6. The third-order valence-corrected chi connectivity index (χ3v) is 3.21.